The van der Waals surface area contributed by atoms with Gasteiger partial charge < -0.3 is 0 Å². The molecule has 0 amide bonds. The number of hydrogen-bond acceptors (Lipinski definition) is 4. The van der Waals surface area contributed by atoms with Gasteiger partial charge in [0.05, 0.1) is 84.8 Å². The normalized spacial score (nSPS) is 13.1. The third-order valence-corrected chi connectivity index (χ3v) is 15.9. The van der Waals surface area contributed by atoms with E-state index < -0.39 is 195 Å². The Morgan fingerprint density at radius 2 is 0.539 bits per heavy atom. The van der Waals surface area contributed by atoms with Gasteiger partial charge in [-0.25, -0.2) is 4.98 Å². The van der Waals surface area contributed by atoms with Crippen LogP contribution in [-0.2, 0) is 68.9 Å². The molecule has 6 aromatic carbocycles. The van der Waals surface area contributed by atoms with Gasteiger partial charge in [0.15, 0.2) is 0 Å². The summed E-state index contributed by atoms with van der Waals surface area (Å²) in [4.78, 5) is 15.3. The fourth-order valence-corrected chi connectivity index (χ4v) is 11.0. The van der Waals surface area contributed by atoms with Gasteiger partial charge in [0, 0.05) is 26.4 Å². The second-order valence-corrected chi connectivity index (χ2v) is 24.8. The van der Waals surface area contributed by atoms with Crippen LogP contribution in [0.25, 0.3) is 0 Å². The van der Waals surface area contributed by atoms with Crippen molar-refractivity contribution >= 4 is 50.8 Å². The smallest absolute Gasteiger partial charge is 0.251 e. The van der Waals surface area contributed by atoms with Gasteiger partial charge in [-0.05, 0) is 96.2 Å². The Morgan fingerprint density at radius 1 is 0.363 bits per heavy atom. The molecule has 0 spiro atoms. The van der Waals surface area contributed by atoms with Gasteiger partial charge in [0.2, 0.25) is 0 Å². The molecule has 0 bridgehead atoms. The van der Waals surface area contributed by atoms with E-state index in [0.717, 1.165) is 34.2 Å². The first-order valence-corrected chi connectivity index (χ1v) is 31.1. The third kappa shape index (κ3) is 22.7. The van der Waals surface area contributed by atoms with Gasteiger partial charge in [0.1, 0.15) is 6.15 Å². The Balaban J connectivity index is 0.000000512. The fourth-order valence-electron chi connectivity index (χ4n) is 11.0. The predicted molar refractivity (Wildman–Crippen MR) is 344 cm³/mol. The Labute approximate surface area is 587 Å². The van der Waals surface area contributed by atoms with Crippen molar-refractivity contribution in [2.24, 2.45) is 9.98 Å². The number of nitrogens with zero attached hydrogens (tertiary/aromatic N) is 4. The summed E-state index contributed by atoms with van der Waals surface area (Å²) < 4.78 is 341. The van der Waals surface area contributed by atoms with E-state index in [4.69, 9.17) is 20.2 Å². The van der Waals surface area contributed by atoms with Crippen LogP contribution in [0.2, 0.25) is 0 Å². The zero-order valence-electron chi connectivity index (χ0n) is 56.8. The molecule has 4 nitrogen and oxygen atoms in total. The molecule has 1 radical (unpaired) electrons. The molecule has 0 atom stereocenters. The topological polar surface area (TPSA) is 61.4 Å². The number of benzene rings is 6. The zero-order chi connectivity index (χ0) is 77.3. The van der Waals surface area contributed by atoms with E-state index in [9.17, 15) is 105 Å². The maximum Gasteiger partial charge on any atom is 0.416 e. The van der Waals surface area contributed by atoms with Crippen molar-refractivity contribution in [1.82, 2.24) is 4.98 Å². The first-order valence-electron chi connectivity index (χ1n) is 31.1. The number of aromatic nitrogens is 1. The maximum absolute atomic E-state index is 14.2. The van der Waals surface area contributed by atoms with E-state index in [1.807, 2.05) is 12.1 Å². The van der Waals surface area contributed by atoms with Crippen molar-refractivity contribution in [3.63, 3.8) is 0 Å². The van der Waals surface area contributed by atoms with E-state index in [1.54, 1.807) is 6.07 Å². The first kappa shape index (κ1) is 88.5. The number of alkyl halides is 24. The second kappa shape index (κ2) is 34.3. The molecule has 1 heterocycles. The van der Waals surface area contributed by atoms with Gasteiger partial charge >= 0.3 is 49.4 Å². The molecule has 0 N–H and O–H groups in total. The molecule has 0 unspecified atom stereocenters. The van der Waals surface area contributed by atoms with E-state index in [2.05, 4.69) is 126 Å². The van der Waals surface area contributed by atoms with Crippen LogP contribution in [-0.4, -0.2) is 22.6 Å². The summed E-state index contributed by atoms with van der Waals surface area (Å²) in [5.74, 6) is 1.61. The van der Waals surface area contributed by atoms with E-state index >= 15 is 0 Å². The van der Waals surface area contributed by atoms with Gasteiger partial charge in [-0.15, -0.1) is 0 Å². The minimum atomic E-state index is -6.13. The van der Waals surface area contributed by atoms with Gasteiger partial charge in [-0.2, -0.15) is 132 Å². The van der Waals surface area contributed by atoms with Crippen LogP contribution < -0.4 is 21.9 Å². The van der Waals surface area contributed by atoms with Crippen LogP contribution >= 0.6 is 0 Å². The Morgan fingerprint density at radius 3 is 0.686 bits per heavy atom. The standard InChI is InChI=1S/C33H43N3.C32H12BF24.C5H12.C2H3N.Rh/c1-20(2)26-14-11-15-27(21(3)4)32(26)34-24(9)30-18-13-19-31(36-30)25(10)35-33-28(22(5)6)16-12-17-29(33)23(7)8;34-25(35,36)13-1-14(26(37,38)39)6-21(5-13)33(22-7-15(27(40,41)42)2-16(8-22)28(43,44)45,23-9-17(29(46,47)48)3-18(10-23)30(49,50)51)24-11-19(31(52,53)54)4-20(12-24)32(55,56)57;1-3-5-4-2;1-2-3;/h11-23H,1-10H3;1-12H;3-5H2,1-2H3;1H3;/q;-1;;;. The quantitative estimate of drug-likeness (QED) is 0.0619. The van der Waals surface area contributed by atoms with Gasteiger partial charge in [-0.3, -0.25) is 9.98 Å². The average Bonchev–Trinajstić information content (AvgIpc) is 0.707. The number of hydrogen-bond donors (Lipinski definition) is 0. The van der Waals surface area contributed by atoms with Crippen LogP contribution in [0, 0.1) is 11.3 Å². The second-order valence-electron chi connectivity index (χ2n) is 24.8. The summed E-state index contributed by atoms with van der Waals surface area (Å²) in [6, 6.07) is 12.2. The minimum absolute atomic E-state index is 0. The Bertz CT molecular complexity index is 3500. The molecule has 0 fully saturated rings. The van der Waals surface area contributed by atoms with Crippen molar-refractivity contribution in [3.8, 4) is 6.07 Å². The van der Waals surface area contributed by atoms with Crippen LogP contribution in [0.5, 0.6) is 0 Å². The van der Waals surface area contributed by atoms with Gasteiger partial charge in [0.25, 0.3) is 0 Å². The van der Waals surface area contributed by atoms with E-state index in [0.29, 0.717) is 23.7 Å². The molecular weight excluding hydrogens is 1490 g/mol. The monoisotopic (exact) mass is 1560 g/mol. The fraction of sp³-hybridized carbons (Fsp3) is 0.389. The number of halogens is 24. The van der Waals surface area contributed by atoms with Crippen LogP contribution in [0.4, 0.5) is 117 Å². The van der Waals surface area contributed by atoms with Crippen LogP contribution in [0.3, 0.4) is 0 Å². The van der Waals surface area contributed by atoms with Gasteiger partial charge in [-0.1, -0.05) is 179 Å². The summed E-state index contributed by atoms with van der Waals surface area (Å²) in [5.41, 5.74) is -19.3. The summed E-state index contributed by atoms with van der Waals surface area (Å²) in [5, 5.41) is 7.32. The van der Waals surface area contributed by atoms with Crippen molar-refractivity contribution in [2.75, 3.05) is 0 Å². The number of rotatable bonds is 14. The molecule has 102 heavy (non-hydrogen) atoms. The molecule has 0 saturated carbocycles. The molecule has 0 aliphatic rings. The first-order chi connectivity index (χ1) is 46.1. The van der Waals surface area contributed by atoms with Crippen molar-refractivity contribution in [2.45, 2.75) is 182 Å². The zero-order valence-corrected chi connectivity index (χ0v) is 58.5. The molecule has 7 rings (SSSR count). The third-order valence-electron chi connectivity index (χ3n) is 15.9. The molecule has 0 aliphatic heterocycles. The Hall–Kier alpha value is -7.69. The van der Waals surface area contributed by atoms with Crippen LogP contribution in [0.1, 0.15) is 211 Å². The molecule has 0 aliphatic carbocycles. The molecular formula is C72H70BF24N4Rh-. The van der Waals surface area contributed by atoms with Crippen molar-refractivity contribution in [3.05, 3.63) is 206 Å². The predicted octanol–water partition coefficient (Wildman–Crippen LogP) is 23.8. The molecule has 7 aromatic rings. The summed E-state index contributed by atoms with van der Waals surface area (Å²) in [6.07, 6.45) is -50.7. The molecule has 0 saturated heterocycles. The molecule has 30 heteroatoms. The molecule has 559 valence electrons. The number of pyridine rings is 1. The summed E-state index contributed by atoms with van der Waals surface area (Å²) >= 11 is 0. The minimum Gasteiger partial charge on any atom is -0.251 e. The SMILES string of the molecule is CC#N.CC(=Nc1c(C(C)C)cccc1C(C)C)c1cccc(C(C)=Nc2c(C(C)C)cccc2C(C)C)n1.CCCCC.FC(F)(F)c1cc([B-](c2cc(C(F)(F)F)cc(C(F)(F)F)c2)(c2cc(C(F)(F)F)cc(C(F)(F)F)c2)c2cc(C(F)(F)F)cc(C(F)(F)F)c2)cc(C(F)(F)F)c1.[Rh]. The van der Waals surface area contributed by atoms with Crippen molar-refractivity contribution in [1.29, 1.82) is 5.26 Å². The van der Waals surface area contributed by atoms with E-state index in [-0.39, 0.29) is 19.5 Å². The van der Waals surface area contributed by atoms with Crippen molar-refractivity contribution < 1.29 is 125 Å². The number of nitriles is 1. The summed E-state index contributed by atoms with van der Waals surface area (Å²) in [6.45, 7) is 27.8. The summed E-state index contributed by atoms with van der Waals surface area (Å²) in [7, 11) is 0. The maximum atomic E-state index is 14.2. The number of aliphatic imine (C=N–C) groups is 2. The Kier molecular flexibility index (Phi) is 29.7. The largest absolute Gasteiger partial charge is 0.416 e. The number of para-hydroxylation sites is 2. The van der Waals surface area contributed by atoms with E-state index in [1.165, 1.54) is 48.4 Å². The average molecular weight is 1560 g/mol. The molecule has 1 aromatic heterocycles. The number of unbranched alkanes of at least 4 members (excludes halogenated alkanes) is 2. The van der Waals surface area contributed by atoms with Crippen LogP contribution in [0.15, 0.2) is 137 Å².